The fourth-order valence-electron chi connectivity index (χ4n) is 4.77. The van der Waals surface area contributed by atoms with Crippen molar-refractivity contribution in [2.75, 3.05) is 0 Å². The molecule has 0 nitrogen and oxygen atoms in total. The van der Waals surface area contributed by atoms with E-state index in [2.05, 4.69) is 55.4 Å². The average molecular weight is 281 g/mol. The first-order chi connectivity index (χ1) is 9.26. The molecule has 0 N–H and O–H groups in total. The van der Waals surface area contributed by atoms with Gasteiger partial charge in [0.1, 0.15) is 0 Å². The minimum atomic E-state index is 0.548. The molecule has 5 atom stereocenters. The summed E-state index contributed by atoms with van der Waals surface area (Å²) in [4.78, 5) is 0. The van der Waals surface area contributed by atoms with Gasteiger partial charge in [0.15, 0.2) is 0 Å². The Balaban J connectivity index is 2.62. The third-order valence-corrected chi connectivity index (χ3v) is 6.85. The minimum absolute atomic E-state index is 0.548. The van der Waals surface area contributed by atoms with Gasteiger partial charge in [0, 0.05) is 0 Å². The van der Waals surface area contributed by atoms with E-state index in [1.54, 1.807) is 0 Å². The topological polar surface area (TPSA) is 0 Å². The summed E-state index contributed by atoms with van der Waals surface area (Å²) in [6, 6.07) is 0. The maximum absolute atomic E-state index is 2.55. The second-order valence-electron chi connectivity index (χ2n) is 8.62. The molecule has 0 heteroatoms. The van der Waals surface area contributed by atoms with Crippen LogP contribution in [0.4, 0.5) is 0 Å². The summed E-state index contributed by atoms with van der Waals surface area (Å²) in [5.41, 5.74) is 0.548. The molecule has 0 bridgehead atoms. The van der Waals surface area contributed by atoms with E-state index >= 15 is 0 Å². The molecule has 1 rings (SSSR count). The molecule has 1 aliphatic rings. The van der Waals surface area contributed by atoms with Crippen molar-refractivity contribution >= 4 is 0 Å². The monoisotopic (exact) mass is 280 g/mol. The van der Waals surface area contributed by atoms with Crippen molar-refractivity contribution in [3.05, 3.63) is 0 Å². The van der Waals surface area contributed by atoms with Gasteiger partial charge in [-0.2, -0.15) is 0 Å². The Morgan fingerprint density at radius 1 is 1.10 bits per heavy atom. The van der Waals surface area contributed by atoms with Crippen LogP contribution in [0.15, 0.2) is 0 Å². The highest BCUT2D eigenvalue weighted by Crippen LogP contribution is 2.55. The minimum Gasteiger partial charge on any atom is -0.0654 e. The van der Waals surface area contributed by atoms with Gasteiger partial charge in [-0.25, -0.2) is 0 Å². The highest BCUT2D eigenvalue weighted by Gasteiger charge is 2.48. The Bertz CT molecular complexity index is 276. The van der Waals surface area contributed by atoms with E-state index in [0.29, 0.717) is 5.41 Å². The zero-order valence-electron chi connectivity index (χ0n) is 15.5. The second-order valence-corrected chi connectivity index (χ2v) is 8.62. The molecule has 0 aromatic carbocycles. The van der Waals surface area contributed by atoms with E-state index in [0.717, 1.165) is 35.5 Å². The highest BCUT2D eigenvalue weighted by molar-refractivity contribution is 4.97. The summed E-state index contributed by atoms with van der Waals surface area (Å²) in [6.07, 6.45) is 7.02. The summed E-state index contributed by atoms with van der Waals surface area (Å²) >= 11 is 0. The first kappa shape index (κ1) is 18.1. The van der Waals surface area contributed by atoms with Crippen molar-refractivity contribution in [3.8, 4) is 0 Å². The van der Waals surface area contributed by atoms with Gasteiger partial charge in [-0.1, -0.05) is 74.7 Å². The van der Waals surface area contributed by atoms with Crippen LogP contribution in [-0.2, 0) is 0 Å². The maximum Gasteiger partial charge on any atom is -0.0326 e. The molecule has 120 valence electrons. The number of unbranched alkanes of at least 4 members (excludes halogenated alkanes) is 1. The van der Waals surface area contributed by atoms with Gasteiger partial charge < -0.3 is 0 Å². The molecule has 1 saturated carbocycles. The van der Waals surface area contributed by atoms with Crippen LogP contribution in [-0.4, -0.2) is 0 Å². The van der Waals surface area contributed by atoms with Crippen LogP contribution in [0.5, 0.6) is 0 Å². The summed E-state index contributed by atoms with van der Waals surface area (Å²) in [5, 5.41) is 0. The van der Waals surface area contributed by atoms with E-state index in [1.165, 1.54) is 32.1 Å². The van der Waals surface area contributed by atoms with E-state index in [9.17, 15) is 0 Å². The average Bonchev–Trinajstić information content (AvgIpc) is 2.36. The molecule has 0 aromatic heterocycles. The Morgan fingerprint density at radius 2 is 1.70 bits per heavy atom. The molecular formula is C20H40. The van der Waals surface area contributed by atoms with Crippen LogP contribution >= 0.6 is 0 Å². The van der Waals surface area contributed by atoms with Crippen LogP contribution in [0.2, 0.25) is 0 Å². The number of rotatable bonds is 8. The first-order valence-electron chi connectivity index (χ1n) is 9.26. The van der Waals surface area contributed by atoms with E-state index < -0.39 is 0 Å². The fraction of sp³-hybridized carbons (Fsp3) is 1.00. The second kappa shape index (κ2) is 7.32. The van der Waals surface area contributed by atoms with Gasteiger partial charge >= 0.3 is 0 Å². The molecule has 0 spiro atoms. The molecule has 1 fully saturated rings. The van der Waals surface area contributed by atoms with Crippen molar-refractivity contribution < 1.29 is 0 Å². The first-order valence-corrected chi connectivity index (χ1v) is 9.26. The largest absolute Gasteiger partial charge is 0.0654 e. The molecule has 0 saturated heterocycles. The lowest BCUT2D eigenvalue weighted by molar-refractivity contribution is -0.0567. The van der Waals surface area contributed by atoms with E-state index in [4.69, 9.17) is 0 Å². The third kappa shape index (κ3) is 3.80. The normalized spacial score (nSPS) is 30.1. The fourth-order valence-corrected chi connectivity index (χ4v) is 4.77. The zero-order chi connectivity index (χ0) is 15.5. The smallest absolute Gasteiger partial charge is 0.0326 e. The van der Waals surface area contributed by atoms with Crippen LogP contribution in [0, 0.1) is 40.9 Å². The van der Waals surface area contributed by atoms with Crippen LogP contribution in [0.1, 0.15) is 87.5 Å². The Kier molecular flexibility index (Phi) is 6.61. The van der Waals surface area contributed by atoms with Crippen molar-refractivity contribution in [1.82, 2.24) is 0 Å². The zero-order valence-corrected chi connectivity index (χ0v) is 15.5. The Morgan fingerprint density at radius 3 is 2.10 bits per heavy atom. The van der Waals surface area contributed by atoms with Crippen molar-refractivity contribution in [3.63, 3.8) is 0 Å². The van der Waals surface area contributed by atoms with Crippen LogP contribution in [0.25, 0.3) is 0 Å². The maximum atomic E-state index is 2.55. The third-order valence-electron chi connectivity index (χ3n) is 6.85. The van der Waals surface area contributed by atoms with E-state index in [-0.39, 0.29) is 0 Å². The molecule has 0 radical (unpaired) electrons. The predicted molar refractivity (Wildman–Crippen MR) is 91.9 cm³/mol. The molecule has 0 heterocycles. The lowest BCUT2D eigenvalue weighted by Gasteiger charge is -2.55. The molecule has 0 aliphatic heterocycles. The highest BCUT2D eigenvalue weighted by atomic mass is 14.5. The lowest BCUT2D eigenvalue weighted by Crippen LogP contribution is -2.47. The Hall–Kier alpha value is 0. The number of hydrogen-bond donors (Lipinski definition) is 0. The van der Waals surface area contributed by atoms with Gasteiger partial charge in [-0.3, -0.25) is 0 Å². The van der Waals surface area contributed by atoms with Crippen molar-refractivity contribution in [1.29, 1.82) is 0 Å². The van der Waals surface area contributed by atoms with Gasteiger partial charge in [0.2, 0.25) is 0 Å². The SMILES string of the molecule is CCCCC(C(C)C)C(C)C1CC(C(C)(C)CC)C1C. The van der Waals surface area contributed by atoms with Gasteiger partial charge in [-0.15, -0.1) is 0 Å². The van der Waals surface area contributed by atoms with Gasteiger partial charge in [0.25, 0.3) is 0 Å². The van der Waals surface area contributed by atoms with Crippen molar-refractivity contribution in [2.24, 2.45) is 40.9 Å². The summed E-state index contributed by atoms with van der Waals surface area (Å²) < 4.78 is 0. The molecule has 0 amide bonds. The number of hydrogen-bond acceptors (Lipinski definition) is 0. The molecule has 20 heavy (non-hydrogen) atoms. The quantitative estimate of drug-likeness (QED) is 0.459. The predicted octanol–water partition coefficient (Wildman–Crippen LogP) is 6.79. The van der Waals surface area contributed by atoms with Crippen molar-refractivity contribution in [2.45, 2.75) is 87.5 Å². The van der Waals surface area contributed by atoms with Gasteiger partial charge in [-0.05, 0) is 53.8 Å². The van der Waals surface area contributed by atoms with Crippen LogP contribution < -0.4 is 0 Å². The standard InChI is InChI=1S/C20H40/c1-9-11-12-17(14(3)4)15(5)18-13-19(16(18)6)20(7,8)10-2/h14-19H,9-13H2,1-8H3. The molecule has 5 unspecified atom stereocenters. The molecule has 0 aromatic rings. The summed E-state index contributed by atoms with van der Waals surface area (Å²) in [5.74, 6) is 5.58. The summed E-state index contributed by atoms with van der Waals surface area (Å²) in [7, 11) is 0. The molecular weight excluding hydrogens is 240 g/mol. The summed E-state index contributed by atoms with van der Waals surface area (Å²) in [6.45, 7) is 19.6. The van der Waals surface area contributed by atoms with E-state index in [1.807, 2.05) is 0 Å². The Labute approximate surface area is 129 Å². The lowest BCUT2D eigenvalue weighted by atomic mass is 9.51. The van der Waals surface area contributed by atoms with Crippen LogP contribution in [0.3, 0.4) is 0 Å². The van der Waals surface area contributed by atoms with Gasteiger partial charge in [0.05, 0.1) is 0 Å². The molecule has 1 aliphatic carbocycles.